The molecular weight excluding hydrogens is 260 g/mol. The van der Waals surface area contributed by atoms with E-state index in [4.69, 9.17) is 5.11 Å². The average Bonchev–Trinajstić information content (AvgIpc) is 2.53. The monoisotopic (exact) mass is 274 g/mol. The van der Waals surface area contributed by atoms with Gasteiger partial charge in [0.2, 0.25) is 0 Å². The van der Waals surface area contributed by atoms with Gasteiger partial charge in [-0.1, -0.05) is 60.7 Å². The predicted octanol–water partition coefficient (Wildman–Crippen LogP) is 4.71. The number of carbonyl (C=O) groups is 1. The molecule has 0 saturated heterocycles. The SMILES string of the molecule is O=C(O)c1ccc(/C=C/c2ccc3ccccc3c2)cc1. The van der Waals surface area contributed by atoms with Crippen LogP contribution in [0.15, 0.2) is 66.7 Å². The molecule has 0 spiro atoms. The molecule has 0 aliphatic heterocycles. The number of hydrogen-bond donors (Lipinski definition) is 1. The van der Waals surface area contributed by atoms with Crippen molar-refractivity contribution in [3.63, 3.8) is 0 Å². The highest BCUT2D eigenvalue weighted by atomic mass is 16.4. The normalized spacial score (nSPS) is 11.0. The fourth-order valence-electron chi connectivity index (χ4n) is 2.24. The van der Waals surface area contributed by atoms with Gasteiger partial charge in [-0.2, -0.15) is 0 Å². The molecule has 0 radical (unpaired) electrons. The highest BCUT2D eigenvalue weighted by Crippen LogP contribution is 2.17. The summed E-state index contributed by atoms with van der Waals surface area (Å²) in [6.45, 7) is 0. The first kappa shape index (κ1) is 13.1. The van der Waals surface area contributed by atoms with Crippen molar-refractivity contribution in [2.75, 3.05) is 0 Å². The van der Waals surface area contributed by atoms with E-state index < -0.39 is 5.97 Å². The van der Waals surface area contributed by atoms with E-state index in [-0.39, 0.29) is 0 Å². The molecule has 0 aliphatic carbocycles. The van der Waals surface area contributed by atoms with Crippen LogP contribution >= 0.6 is 0 Å². The minimum absolute atomic E-state index is 0.304. The first-order valence-corrected chi connectivity index (χ1v) is 6.73. The number of carboxylic acids is 1. The zero-order chi connectivity index (χ0) is 14.7. The summed E-state index contributed by atoms with van der Waals surface area (Å²) in [5.74, 6) is -0.903. The summed E-state index contributed by atoms with van der Waals surface area (Å²) in [5, 5.41) is 11.3. The Morgan fingerprint density at radius 3 is 2.10 bits per heavy atom. The van der Waals surface area contributed by atoms with Gasteiger partial charge in [-0.05, 0) is 40.1 Å². The molecule has 21 heavy (non-hydrogen) atoms. The lowest BCUT2D eigenvalue weighted by Crippen LogP contribution is -1.94. The van der Waals surface area contributed by atoms with Crippen molar-refractivity contribution in [1.29, 1.82) is 0 Å². The molecule has 3 aromatic carbocycles. The van der Waals surface area contributed by atoms with Gasteiger partial charge in [-0.25, -0.2) is 4.79 Å². The Morgan fingerprint density at radius 2 is 1.38 bits per heavy atom. The van der Waals surface area contributed by atoms with Gasteiger partial charge in [0.1, 0.15) is 0 Å². The van der Waals surface area contributed by atoms with E-state index in [1.165, 1.54) is 10.8 Å². The van der Waals surface area contributed by atoms with Crippen LogP contribution < -0.4 is 0 Å². The molecule has 0 saturated carbocycles. The number of aromatic carboxylic acids is 1. The maximum absolute atomic E-state index is 10.8. The molecule has 0 aromatic heterocycles. The lowest BCUT2D eigenvalue weighted by Gasteiger charge is -2.00. The van der Waals surface area contributed by atoms with E-state index in [1.807, 2.05) is 24.3 Å². The van der Waals surface area contributed by atoms with Crippen LogP contribution in [-0.2, 0) is 0 Å². The van der Waals surface area contributed by atoms with E-state index in [9.17, 15) is 4.79 Å². The number of benzene rings is 3. The molecule has 0 bridgehead atoms. The van der Waals surface area contributed by atoms with Crippen LogP contribution in [0.1, 0.15) is 21.5 Å². The van der Waals surface area contributed by atoms with Gasteiger partial charge >= 0.3 is 5.97 Å². The van der Waals surface area contributed by atoms with Crippen molar-refractivity contribution in [1.82, 2.24) is 0 Å². The second kappa shape index (κ2) is 5.63. The Labute approximate surface area is 123 Å². The molecule has 2 heteroatoms. The highest BCUT2D eigenvalue weighted by Gasteiger charge is 2.00. The van der Waals surface area contributed by atoms with Gasteiger partial charge in [-0.15, -0.1) is 0 Å². The van der Waals surface area contributed by atoms with E-state index >= 15 is 0 Å². The summed E-state index contributed by atoms with van der Waals surface area (Å²) in [6, 6.07) is 21.4. The van der Waals surface area contributed by atoms with E-state index in [1.54, 1.807) is 24.3 Å². The number of rotatable bonds is 3. The van der Waals surface area contributed by atoms with Gasteiger partial charge in [0.15, 0.2) is 0 Å². The fourth-order valence-corrected chi connectivity index (χ4v) is 2.24. The topological polar surface area (TPSA) is 37.3 Å². The van der Waals surface area contributed by atoms with Crippen LogP contribution in [0.2, 0.25) is 0 Å². The summed E-state index contributed by atoms with van der Waals surface area (Å²) >= 11 is 0. The first-order valence-electron chi connectivity index (χ1n) is 6.73. The largest absolute Gasteiger partial charge is 0.478 e. The minimum atomic E-state index is -0.903. The molecule has 0 unspecified atom stereocenters. The minimum Gasteiger partial charge on any atom is -0.478 e. The Balaban J connectivity index is 1.85. The third kappa shape index (κ3) is 3.00. The summed E-state index contributed by atoms with van der Waals surface area (Å²) in [7, 11) is 0. The number of hydrogen-bond acceptors (Lipinski definition) is 1. The lowest BCUT2D eigenvalue weighted by atomic mass is 10.1. The molecular formula is C19H14O2. The van der Waals surface area contributed by atoms with Gasteiger partial charge < -0.3 is 5.11 Å². The van der Waals surface area contributed by atoms with Gasteiger partial charge in [0.05, 0.1) is 5.56 Å². The molecule has 1 N–H and O–H groups in total. The number of carboxylic acid groups (broad SMARTS) is 1. The lowest BCUT2D eigenvalue weighted by molar-refractivity contribution is 0.0697. The van der Waals surface area contributed by atoms with Crippen molar-refractivity contribution in [2.24, 2.45) is 0 Å². The molecule has 0 heterocycles. The predicted molar refractivity (Wildman–Crippen MR) is 86.3 cm³/mol. The van der Waals surface area contributed by atoms with E-state index in [2.05, 4.69) is 30.3 Å². The standard InChI is InChI=1S/C19H14O2/c20-19(21)17-11-7-14(8-12-17)5-6-15-9-10-16-3-1-2-4-18(16)13-15/h1-13H,(H,20,21)/b6-5+. The third-order valence-corrected chi connectivity index (χ3v) is 3.40. The zero-order valence-electron chi connectivity index (χ0n) is 11.4. The van der Waals surface area contributed by atoms with Crippen molar-refractivity contribution >= 4 is 28.9 Å². The van der Waals surface area contributed by atoms with Crippen LogP contribution in [0, 0.1) is 0 Å². The van der Waals surface area contributed by atoms with Crippen LogP contribution in [0.5, 0.6) is 0 Å². The molecule has 3 rings (SSSR count). The van der Waals surface area contributed by atoms with Crippen molar-refractivity contribution in [3.8, 4) is 0 Å². The van der Waals surface area contributed by atoms with Crippen LogP contribution in [0.4, 0.5) is 0 Å². The van der Waals surface area contributed by atoms with Crippen molar-refractivity contribution in [3.05, 3.63) is 83.4 Å². The van der Waals surface area contributed by atoms with E-state index in [0.29, 0.717) is 5.56 Å². The van der Waals surface area contributed by atoms with Crippen molar-refractivity contribution < 1.29 is 9.90 Å². The molecule has 0 atom stereocenters. The van der Waals surface area contributed by atoms with Crippen molar-refractivity contribution in [2.45, 2.75) is 0 Å². The maximum atomic E-state index is 10.8. The third-order valence-electron chi connectivity index (χ3n) is 3.40. The number of fused-ring (bicyclic) bond motifs is 1. The highest BCUT2D eigenvalue weighted by molar-refractivity contribution is 5.88. The second-order valence-corrected chi connectivity index (χ2v) is 4.87. The smallest absolute Gasteiger partial charge is 0.335 e. The Morgan fingerprint density at radius 1 is 0.762 bits per heavy atom. The van der Waals surface area contributed by atoms with E-state index in [0.717, 1.165) is 11.1 Å². The Bertz CT molecular complexity index is 814. The molecule has 0 amide bonds. The molecule has 2 nitrogen and oxygen atoms in total. The Kier molecular flexibility index (Phi) is 3.52. The summed E-state index contributed by atoms with van der Waals surface area (Å²) in [6.07, 6.45) is 4.01. The van der Waals surface area contributed by atoms with Crippen LogP contribution in [-0.4, -0.2) is 11.1 Å². The fraction of sp³-hybridized carbons (Fsp3) is 0. The Hall–Kier alpha value is -2.87. The average molecular weight is 274 g/mol. The first-order chi connectivity index (χ1) is 10.2. The quantitative estimate of drug-likeness (QED) is 0.702. The summed E-state index contributed by atoms with van der Waals surface area (Å²) in [5.41, 5.74) is 2.40. The van der Waals surface area contributed by atoms with Crippen LogP contribution in [0.3, 0.4) is 0 Å². The molecule has 3 aromatic rings. The zero-order valence-corrected chi connectivity index (χ0v) is 11.4. The van der Waals surface area contributed by atoms with Gasteiger partial charge in [0.25, 0.3) is 0 Å². The summed E-state index contributed by atoms with van der Waals surface area (Å²) < 4.78 is 0. The maximum Gasteiger partial charge on any atom is 0.335 e. The van der Waals surface area contributed by atoms with Gasteiger partial charge in [0, 0.05) is 0 Å². The second-order valence-electron chi connectivity index (χ2n) is 4.87. The summed E-state index contributed by atoms with van der Waals surface area (Å²) in [4.78, 5) is 10.8. The van der Waals surface area contributed by atoms with Crippen LogP contribution in [0.25, 0.3) is 22.9 Å². The van der Waals surface area contributed by atoms with Gasteiger partial charge in [-0.3, -0.25) is 0 Å². The molecule has 102 valence electrons. The molecule has 0 fully saturated rings. The molecule has 0 aliphatic rings.